The van der Waals surface area contributed by atoms with Gasteiger partial charge in [-0.25, -0.2) is 13.7 Å². The van der Waals surface area contributed by atoms with E-state index in [0.29, 0.717) is 6.54 Å². The molecule has 0 aromatic heterocycles. The average molecular weight is 171 g/mol. The molecular weight excluding hydrogens is 160 g/mol. The van der Waals surface area contributed by atoms with Gasteiger partial charge in [0.15, 0.2) is 0 Å². The summed E-state index contributed by atoms with van der Waals surface area (Å²) in [5.74, 6) is 0. The van der Waals surface area contributed by atoms with Crippen molar-refractivity contribution in [2.24, 2.45) is 0 Å². The minimum Gasteiger partial charge on any atom is -0.241 e. The Hall–Kier alpha value is -0.0600. The molecular formula is C4H11ClN2OS. The van der Waals surface area contributed by atoms with Crippen LogP contribution in [0.3, 0.4) is 0 Å². The van der Waals surface area contributed by atoms with Crippen molar-refractivity contribution in [1.29, 1.82) is 4.78 Å². The summed E-state index contributed by atoms with van der Waals surface area (Å²) in [6, 6.07) is 0. The van der Waals surface area contributed by atoms with Crippen molar-refractivity contribution in [3.8, 4) is 0 Å². The van der Waals surface area contributed by atoms with Crippen molar-refractivity contribution in [2.75, 3.05) is 12.8 Å². The highest BCUT2D eigenvalue weighted by Crippen LogP contribution is 1.72. The van der Waals surface area contributed by atoms with E-state index in [4.69, 9.17) is 4.78 Å². The van der Waals surface area contributed by atoms with E-state index in [1.807, 2.05) is 0 Å². The van der Waals surface area contributed by atoms with E-state index >= 15 is 0 Å². The molecule has 0 aromatic carbocycles. The maximum Gasteiger partial charge on any atom is 0.102 e. The normalized spacial score (nSPS) is 15.2. The van der Waals surface area contributed by atoms with Crippen LogP contribution in [-0.2, 0) is 9.92 Å². The minimum absolute atomic E-state index is 0. The largest absolute Gasteiger partial charge is 0.241 e. The zero-order valence-corrected chi connectivity index (χ0v) is 6.85. The van der Waals surface area contributed by atoms with Gasteiger partial charge in [-0.3, -0.25) is 0 Å². The molecule has 0 saturated carbocycles. The van der Waals surface area contributed by atoms with Crippen molar-refractivity contribution in [3.05, 3.63) is 12.7 Å². The molecule has 0 heterocycles. The SMILES string of the molecule is C=CCNS(C)(=N)=O.Cl. The first kappa shape index (κ1) is 11.7. The summed E-state index contributed by atoms with van der Waals surface area (Å²) >= 11 is 0. The molecule has 0 amide bonds. The van der Waals surface area contributed by atoms with Gasteiger partial charge in [0.2, 0.25) is 0 Å². The molecule has 0 aliphatic rings. The zero-order valence-electron chi connectivity index (χ0n) is 5.22. The molecule has 56 valence electrons. The Morgan fingerprint density at radius 2 is 2.33 bits per heavy atom. The van der Waals surface area contributed by atoms with Gasteiger partial charge in [0.25, 0.3) is 0 Å². The monoisotopic (exact) mass is 170 g/mol. The minimum atomic E-state index is -2.51. The summed E-state index contributed by atoms with van der Waals surface area (Å²) in [6.07, 6.45) is 2.90. The number of rotatable bonds is 3. The Balaban J connectivity index is 0. The highest BCUT2D eigenvalue weighted by Gasteiger charge is 1.88. The number of nitrogens with one attached hydrogen (secondary N) is 2. The molecule has 1 unspecified atom stereocenters. The summed E-state index contributed by atoms with van der Waals surface area (Å²) < 4.78 is 19.7. The molecule has 0 fully saturated rings. The van der Waals surface area contributed by atoms with Gasteiger partial charge in [0, 0.05) is 12.8 Å². The molecule has 0 spiro atoms. The first-order valence-corrected chi connectivity index (χ1v) is 4.12. The topological polar surface area (TPSA) is 53.0 Å². The standard InChI is InChI=1S/C4H10N2OS.ClH/c1-3-4-6-8(2,5)7;/h3H,1,4H2,2H3,(H2,5,6,7);1H. The van der Waals surface area contributed by atoms with Crippen LogP contribution >= 0.6 is 12.4 Å². The number of halogens is 1. The van der Waals surface area contributed by atoms with Crippen LogP contribution in [0.5, 0.6) is 0 Å². The van der Waals surface area contributed by atoms with Gasteiger partial charge in [-0.05, 0) is 0 Å². The molecule has 1 atom stereocenters. The van der Waals surface area contributed by atoms with Crippen LogP contribution in [0.1, 0.15) is 0 Å². The van der Waals surface area contributed by atoms with E-state index in [9.17, 15) is 4.21 Å². The van der Waals surface area contributed by atoms with Crippen molar-refractivity contribution in [2.45, 2.75) is 0 Å². The Labute approximate surface area is 62.1 Å². The van der Waals surface area contributed by atoms with Gasteiger partial charge >= 0.3 is 0 Å². The third-order valence-corrected chi connectivity index (χ3v) is 1.22. The molecule has 0 bridgehead atoms. The quantitative estimate of drug-likeness (QED) is 0.605. The third kappa shape index (κ3) is 11.5. The van der Waals surface area contributed by atoms with Crippen LogP contribution in [0.25, 0.3) is 0 Å². The second kappa shape index (κ2) is 4.78. The lowest BCUT2D eigenvalue weighted by Gasteiger charge is -1.96. The van der Waals surface area contributed by atoms with Gasteiger partial charge in [-0.1, -0.05) is 6.08 Å². The first-order valence-electron chi connectivity index (χ1n) is 2.15. The van der Waals surface area contributed by atoms with Gasteiger partial charge in [-0.2, -0.15) is 0 Å². The van der Waals surface area contributed by atoms with Crippen LogP contribution in [0.4, 0.5) is 0 Å². The molecule has 0 rings (SSSR count). The maximum atomic E-state index is 10.5. The zero-order chi connectivity index (χ0) is 6.62. The van der Waals surface area contributed by atoms with Gasteiger partial charge in [0.05, 0.1) is 0 Å². The summed E-state index contributed by atoms with van der Waals surface area (Å²) in [5.41, 5.74) is 0. The smallest absolute Gasteiger partial charge is 0.102 e. The van der Waals surface area contributed by atoms with E-state index < -0.39 is 9.92 Å². The van der Waals surface area contributed by atoms with Crippen molar-refractivity contribution in [3.63, 3.8) is 0 Å². The van der Waals surface area contributed by atoms with Crippen LogP contribution < -0.4 is 4.72 Å². The van der Waals surface area contributed by atoms with Crippen LogP contribution in [0, 0.1) is 4.78 Å². The Morgan fingerprint density at radius 3 is 2.44 bits per heavy atom. The average Bonchev–Trinajstić information content (AvgIpc) is 1.59. The summed E-state index contributed by atoms with van der Waals surface area (Å²) in [4.78, 5) is 0. The maximum absolute atomic E-state index is 10.5. The number of hydrogen-bond donors (Lipinski definition) is 2. The molecule has 5 heteroatoms. The third-order valence-electron chi connectivity index (χ3n) is 0.503. The van der Waals surface area contributed by atoms with E-state index in [0.717, 1.165) is 0 Å². The predicted molar refractivity (Wildman–Crippen MR) is 42.2 cm³/mol. The number of hydrogen-bond acceptors (Lipinski definition) is 2. The van der Waals surface area contributed by atoms with Gasteiger partial charge in [0.1, 0.15) is 9.92 Å². The van der Waals surface area contributed by atoms with Crippen molar-refractivity contribution < 1.29 is 4.21 Å². The fraction of sp³-hybridized carbons (Fsp3) is 0.500. The lowest BCUT2D eigenvalue weighted by molar-refractivity contribution is 0.671. The van der Waals surface area contributed by atoms with Crippen molar-refractivity contribution >= 4 is 22.3 Å². The summed E-state index contributed by atoms with van der Waals surface area (Å²) in [6.45, 7) is 3.82. The lowest BCUT2D eigenvalue weighted by Crippen LogP contribution is -2.19. The van der Waals surface area contributed by atoms with Crippen LogP contribution in [0.2, 0.25) is 0 Å². The molecule has 0 radical (unpaired) electrons. The molecule has 0 aromatic rings. The van der Waals surface area contributed by atoms with Gasteiger partial charge < -0.3 is 0 Å². The Morgan fingerprint density at radius 1 is 1.89 bits per heavy atom. The Bertz CT molecular complexity index is 163. The molecule has 0 saturated heterocycles. The summed E-state index contributed by atoms with van der Waals surface area (Å²) in [5, 5.41) is 0. The molecule has 3 nitrogen and oxygen atoms in total. The molecule has 0 aliphatic carbocycles. The second-order valence-electron chi connectivity index (χ2n) is 1.48. The summed E-state index contributed by atoms with van der Waals surface area (Å²) in [7, 11) is -2.51. The van der Waals surface area contributed by atoms with E-state index in [2.05, 4.69) is 11.3 Å². The van der Waals surface area contributed by atoms with Crippen LogP contribution in [-0.4, -0.2) is 17.0 Å². The molecule has 2 N–H and O–H groups in total. The van der Waals surface area contributed by atoms with Gasteiger partial charge in [-0.15, -0.1) is 19.0 Å². The fourth-order valence-electron chi connectivity index (χ4n) is 0.218. The highest BCUT2D eigenvalue weighted by atomic mass is 35.5. The lowest BCUT2D eigenvalue weighted by atomic mass is 10.7. The fourth-order valence-corrected chi connectivity index (χ4v) is 0.654. The highest BCUT2D eigenvalue weighted by molar-refractivity contribution is 7.89. The second-order valence-corrected chi connectivity index (χ2v) is 3.46. The Kier molecular flexibility index (Phi) is 6.22. The first-order chi connectivity index (χ1) is 3.56. The van der Waals surface area contributed by atoms with E-state index in [1.54, 1.807) is 6.08 Å². The van der Waals surface area contributed by atoms with Crippen LogP contribution in [0.15, 0.2) is 12.7 Å². The van der Waals surface area contributed by atoms with E-state index in [-0.39, 0.29) is 12.4 Å². The predicted octanol–water partition coefficient (Wildman–Crippen LogP) is 0.775. The van der Waals surface area contributed by atoms with Crippen molar-refractivity contribution in [1.82, 2.24) is 4.72 Å². The van der Waals surface area contributed by atoms with E-state index in [1.165, 1.54) is 6.26 Å². The molecule has 9 heavy (non-hydrogen) atoms. The molecule has 0 aliphatic heterocycles.